The molecule has 18 heavy (non-hydrogen) atoms. The monoisotopic (exact) mass is 348 g/mol. The maximum Gasteiger partial charge on any atom is 0.190 e. The van der Waals surface area contributed by atoms with Crippen LogP contribution < -0.4 is 28.5 Å². The van der Waals surface area contributed by atoms with Gasteiger partial charge >= 0.3 is 0 Å². The van der Waals surface area contributed by atoms with Crippen molar-refractivity contribution in [1.82, 2.24) is 4.98 Å². The molecule has 2 nitrogen and oxygen atoms in total. The highest BCUT2D eigenvalue weighted by molar-refractivity contribution is 5.78. The van der Waals surface area contributed by atoms with E-state index in [0.717, 1.165) is 17.8 Å². The molecule has 0 atom stereocenters. The number of hydrogen-bond acceptors (Lipinski definition) is 1. The first-order chi connectivity index (χ1) is 8.42. The fourth-order valence-electron chi connectivity index (χ4n) is 1.92. The minimum absolute atomic E-state index is 0. The van der Waals surface area contributed by atoms with Gasteiger partial charge in [0.25, 0.3) is 0 Å². The zero-order chi connectivity index (χ0) is 11.5. The standard InChI is InChI=1S/C15H13N2.HI/c1-4-10-17(11-5-1)12-14-9-8-13-6-2-3-7-15(13)16-14;/h1-11H,12H2;1H/q+1;/p-1. The van der Waals surface area contributed by atoms with Crippen LogP contribution in [-0.2, 0) is 6.54 Å². The minimum atomic E-state index is 0. The maximum absolute atomic E-state index is 4.65. The van der Waals surface area contributed by atoms with Gasteiger partial charge in [0.05, 0.1) is 5.52 Å². The van der Waals surface area contributed by atoms with E-state index in [1.54, 1.807) is 0 Å². The van der Waals surface area contributed by atoms with E-state index in [1.165, 1.54) is 5.39 Å². The molecule has 0 bridgehead atoms. The first-order valence-electron chi connectivity index (χ1n) is 5.70. The Morgan fingerprint density at radius 3 is 2.44 bits per heavy atom. The van der Waals surface area contributed by atoms with Crippen LogP contribution in [0.15, 0.2) is 67.0 Å². The van der Waals surface area contributed by atoms with Crippen molar-refractivity contribution < 1.29 is 28.5 Å². The molecule has 0 radical (unpaired) electrons. The third-order valence-electron chi connectivity index (χ3n) is 2.78. The number of hydrogen-bond donors (Lipinski definition) is 0. The average molecular weight is 348 g/mol. The van der Waals surface area contributed by atoms with Gasteiger partial charge < -0.3 is 24.0 Å². The van der Waals surface area contributed by atoms with E-state index in [-0.39, 0.29) is 24.0 Å². The van der Waals surface area contributed by atoms with Gasteiger partial charge in [0, 0.05) is 17.5 Å². The van der Waals surface area contributed by atoms with Crippen LogP contribution in [0, 0.1) is 0 Å². The zero-order valence-corrected chi connectivity index (χ0v) is 12.0. The third-order valence-corrected chi connectivity index (χ3v) is 2.78. The molecule has 0 amide bonds. The Kier molecular flexibility index (Phi) is 4.25. The van der Waals surface area contributed by atoms with E-state index < -0.39 is 0 Å². The first kappa shape index (κ1) is 13.0. The van der Waals surface area contributed by atoms with Crippen LogP contribution in [0.25, 0.3) is 10.9 Å². The topological polar surface area (TPSA) is 16.8 Å². The second-order valence-corrected chi connectivity index (χ2v) is 4.04. The Bertz CT molecular complexity index is 638. The highest BCUT2D eigenvalue weighted by Crippen LogP contribution is 2.11. The van der Waals surface area contributed by atoms with Gasteiger partial charge in [-0.2, -0.15) is 4.57 Å². The zero-order valence-electron chi connectivity index (χ0n) is 9.83. The molecule has 0 saturated heterocycles. The first-order valence-corrected chi connectivity index (χ1v) is 5.70. The summed E-state index contributed by atoms with van der Waals surface area (Å²) < 4.78 is 2.12. The minimum Gasteiger partial charge on any atom is -1.00 e. The van der Waals surface area contributed by atoms with Gasteiger partial charge in [0.2, 0.25) is 0 Å². The largest absolute Gasteiger partial charge is 1.00 e. The predicted octanol–water partition coefficient (Wildman–Crippen LogP) is -0.425. The van der Waals surface area contributed by atoms with Crippen molar-refractivity contribution in [2.24, 2.45) is 0 Å². The predicted molar refractivity (Wildman–Crippen MR) is 67.5 cm³/mol. The van der Waals surface area contributed by atoms with E-state index >= 15 is 0 Å². The SMILES string of the molecule is [I-].c1cc[n+](Cc2ccc3ccccc3n2)cc1. The van der Waals surface area contributed by atoms with E-state index in [1.807, 2.05) is 30.3 Å². The Morgan fingerprint density at radius 1 is 0.833 bits per heavy atom. The smallest absolute Gasteiger partial charge is 0.190 e. The summed E-state index contributed by atoms with van der Waals surface area (Å²) in [6.45, 7) is 0.811. The normalized spacial score (nSPS) is 10.0. The quantitative estimate of drug-likeness (QED) is 0.454. The maximum atomic E-state index is 4.65. The number of aromatic nitrogens is 2. The second kappa shape index (κ2) is 5.91. The highest BCUT2D eigenvalue weighted by atomic mass is 127. The molecule has 2 aromatic heterocycles. The molecule has 0 aliphatic rings. The summed E-state index contributed by atoms with van der Waals surface area (Å²) in [5.41, 5.74) is 2.14. The van der Waals surface area contributed by atoms with Crippen molar-refractivity contribution >= 4 is 10.9 Å². The van der Waals surface area contributed by atoms with Crippen LogP contribution in [0.2, 0.25) is 0 Å². The van der Waals surface area contributed by atoms with E-state index in [2.05, 4.69) is 46.2 Å². The van der Waals surface area contributed by atoms with Crippen LogP contribution in [0.4, 0.5) is 0 Å². The molecule has 3 rings (SSSR count). The van der Waals surface area contributed by atoms with Gasteiger partial charge in [-0.25, -0.2) is 4.98 Å². The number of benzene rings is 1. The van der Waals surface area contributed by atoms with Crippen LogP contribution >= 0.6 is 0 Å². The van der Waals surface area contributed by atoms with Crippen molar-refractivity contribution in [3.05, 3.63) is 72.7 Å². The molecule has 3 heteroatoms. The number of halogens is 1. The lowest BCUT2D eigenvalue weighted by atomic mass is 10.2. The summed E-state index contributed by atoms with van der Waals surface area (Å²) in [4.78, 5) is 4.65. The summed E-state index contributed by atoms with van der Waals surface area (Å²) in [5, 5.41) is 1.19. The third kappa shape index (κ3) is 2.85. The van der Waals surface area contributed by atoms with Crippen molar-refractivity contribution in [1.29, 1.82) is 0 Å². The summed E-state index contributed by atoms with van der Waals surface area (Å²) in [7, 11) is 0. The van der Waals surface area contributed by atoms with Crippen molar-refractivity contribution in [2.45, 2.75) is 6.54 Å². The van der Waals surface area contributed by atoms with Gasteiger partial charge in [0.1, 0.15) is 5.69 Å². The van der Waals surface area contributed by atoms with Gasteiger partial charge in [-0.15, -0.1) is 0 Å². The molecule has 90 valence electrons. The molecular formula is C15H13IN2. The lowest BCUT2D eigenvalue weighted by molar-refractivity contribution is -0.688. The molecule has 0 spiro atoms. The van der Waals surface area contributed by atoms with Crippen molar-refractivity contribution in [2.75, 3.05) is 0 Å². The van der Waals surface area contributed by atoms with Gasteiger partial charge in [-0.05, 0) is 12.1 Å². The van der Waals surface area contributed by atoms with Gasteiger partial charge in [0.15, 0.2) is 18.9 Å². The van der Waals surface area contributed by atoms with Gasteiger partial charge in [-0.3, -0.25) is 0 Å². The number of fused-ring (bicyclic) bond motifs is 1. The number of rotatable bonds is 2. The Balaban J connectivity index is 0.00000120. The van der Waals surface area contributed by atoms with Crippen molar-refractivity contribution in [3.63, 3.8) is 0 Å². The fraction of sp³-hybridized carbons (Fsp3) is 0.0667. The molecule has 3 aromatic rings. The Hall–Kier alpha value is -1.49. The molecule has 0 unspecified atom stereocenters. The molecule has 0 N–H and O–H groups in total. The summed E-state index contributed by atoms with van der Waals surface area (Å²) >= 11 is 0. The molecule has 1 aromatic carbocycles. The molecule has 0 fully saturated rings. The van der Waals surface area contributed by atoms with Gasteiger partial charge in [-0.1, -0.05) is 30.3 Å². The lowest BCUT2D eigenvalue weighted by Gasteiger charge is -2.00. The van der Waals surface area contributed by atoms with Crippen LogP contribution in [-0.4, -0.2) is 4.98 Å². The Labute approximate surface area is 123 Å². The number of para-hydroxylation sites is 1. The van der Waals surface area contributed by atoms with Crippen LogP contribution in [0.5, 0.6) is 0 Å². The van der Waals surface area contributed by atoms with E-state index in [0.29, 0.717) is 0 Å². The van der Waals surface area contributed by atoms with Crippen LogP contribution in [0.3, 0.4) is 0 Å². The molecule has 2 heterocycles. The molecule has 0 aliphatic heterocycles. The molecule has 0 saturated carbocycles. The van der Waals surface area contributed by atoms with E-state index in [4.69, 9.17) is 0 Å². The second-order valence-electron chi connectivity index (χ2n) is 4.04. The summed E-state index contributed by atoms with van der Waals surface area (Å²) in [6, 6.07) is 18.5. The Morgan fingerprint density at radius 2 is 1.61 bits per heavy atom. The van der Waals surface area contributed by atoms with E-state index in [9.17, 15) is 0 Å². The highest BCUT2D eigenvalue weighted by Gasteiger charge is 2.03. The summed E-state index contributed by atoms with van der Waals surface area (Å²) in [5.74, 6) is 0. The lowest BCUT2D eigenvalue weighted by Crippen LogP contribution is -3.00. The molecular weight excluding hydrogens is 335 g/mol. The number of pyridine rings is 2. The summed E-state index contributed by atoms with van der Waals surface area (Å²) in [6.07, 6.45) is 4.10. The fourth-order valence-corrected chi connectivity index (χ4v) is 1.92. The number of nitrogens with zero attached hydrogens (tertiary/aromatic N) is 2. The molecule has 0 aliphatic carbocycles. The van der Waals surface area contributed by atoms with Crippen molar-refractivity contribution in [3.8, 4) is 0 Å². The average Bonchev–Trinajstić information content (AvgIpc) is 2.40. The van der Waals surface area contributed by atoms with Crippen LogP contribution in [0.1, 0.15) is 5.69 Å².